The van der Waals surface area contributed by atoms with Crippen molar-refractivity contribution in [3.8, 4) is 0 Å². The van der Waals surface area contributed by atoms with Gasteiger partial charge in [-0.1, -0.05) is 30.3 Å². The molecule has 1 heterocycles. The number of aromatic nitrogens is 1. The number of hydrogen-bond acceptors (Lipinski definition) is 2. The molecule has 1 atom stereocenters. The van der Waals surface area contributed by atoms with Crippen molar-refractivity contribution in [1.82, 2.24) is 9.88 Å². The maximum absolute atomic E-state index is 11.7. The zero-order chi connectivity index (χ0) is 13.0. The molecule has 0 aliphatic carbocycles. The summed E-state index contributed by atoms with van der Waals surface area (Å²) in [7, 11) is 1.92. The molecule has 0 amide bonds. The number of benzene rings is 1. The number of nitrogens with zero attached hydrogens (tertiary/aromatic N) is 1. The zero-order valence-corrected chi connectivity index (χ0v) is 10.8. The second-order valence-corrected chi connectivity index (χ2v) is 4.39. The predicted molar refractivity (Wildman–Crippen MR) is 73.7 cm³/mol. The van der Waals surface area contributed by atoms with Crippen LogP contribution in [0, 0.1) is 6.92 Å². The van der Waals surface area contributed by atoms with Crippen molar-refractivity contribution in [2.24, 2.45) is 0 Å². The predicted octanol–water partition coefficient (Wildman–Crippen LogP) is 2.12. The fourth-order valence-electron chi connectivity index (χ4n) is 2.13. The Balaban J connectivity index is 2.29. The van der Waals surface area contributed by atoms with Crippen LogP contribution in [0.15, 0.2) is 53.5 Å². The average Bonchev–Trinajstić information content (AvgIpc) is 2.39. The van der Waals surface area contributed by atoms with Crippen molar-refractivity contribution >= 4 is 0 Å². The summed E-state index contributed by atoms with van der Waals surface area (Å²) in [6.45, 7) is 2.73. The average molecular weight is 242 g/mol. The summed E-state index contributed by atoms with van der Waals surface area (Å²) in [5.41, 5.74) is 2.50. The molecular formula is C15H18N2O. The first-order valence-corrected chi connectivity index (χ1v) is 6.10. The van der Waals surface area contributed by atoms with Crippen LogP contribution in [0.5, 0.6) is 0 Å². The molecule has 3 nitrogen and oxygen atoms in total. The van der Waals surface area contributed by atoms with Crippen LogP contribution in [0.25, 0.3) is 0 Å². The van der Waals surface area contributed by atoms with Crippen LogP contribution in [0.1, 0.15) is 17.2 Å². The van der Waals surface area contributed by atoms with Gasteiger partial charge >= 0.3 is 0 Å². The van der Waals surface area contributed by atoms with E-state index >= 15 is 0 Å². The minimum absolute atomic E-state index is 0.0336. The zero-order valence-electron chi connectivity index (χ0n) is 10.8. The fraction of sp³-hybridized carbons (Fsp3) is 0.267. The van der Waals surface area contributed by atoms with Gasteiger partial charge in [0.05, 0.1) is 6.04 Å². The Bertz CT molecular complexity index is 574. The number of hydrogen-bond donors (Lipinski definition) is 1. The molecule has 2 aromatic rings. The number of aryl methyl sites for hydroxylation is 1. The molecule has 0 saturated carbocycles. The maximum Gasteiger partial charge on any atom is 0.250 e. The molecule has 94 valence electrons. The molecule has 0 fully saturated rings. The minimum atomic E-state index is 0.0336. The van der Waals surface area contributed by atoms with Crippen molar-refractivity contribution in [2.45, 2.75) is 19.5 Å². The van der Waals surface area contributed by atoms with E-state index < -0.39 is 0 Å². The molecule has 1 aromatic heterocycles. The van der Waals surface area contributed by atoms with Crippen molar-refractivity contribution in [3.05, 3.63) is 70.1 Å². The van der Waals surface area contributed by atoms with Gasteiger partial charge in [-0.25, -0.2) is 0 Å². The van der Waals surface area contributed by atoms with Gasteiger partial charge in [-0.2, -0.15) is 0 Å². The van der Waals surface area contributed by atoms with Gasteiger partial charge in [0.15, 0.2) is 0 Å². The van der Waals surface area contributed by atoms with E-state index in [0.29, 0.717) is 6.54 Å². The summed E-state index contributed by atoms with van der Waals surface area (Å²) >= 11 is 0. The van der Waals surface area contributed by atoms with Crippen molar-refractivity contribution in [3.63, 3.8) is 0 Å². The van der Waals surface area contributed by atoms with Gasteiger partial charge in [0.1, 0.15) is 0 Å². The van der Waals surface area contributed by atoms with E-state index in [1.807, 2.05) is 31.4 Å². The van der Waals surface area contributed by atoms with Crippen LogP contribution in [-0.4, -0.2) is 11.6 Å². The SMILES string of the molecule is CNC(Cn1ccccc1=O)c1ccccc1C. The van der Waals surface area contributed by atoms with E-state index in [4.69, 9.17) is 0 Å². The first kappa shape index (κ1) is 12.6. The first-order chi connectivity index (χ1) is 8.72. The lowest BCUT2D eigenvalue weighted by molar-refractivity contribution is 0.489. The molecule has 0 aliphatic rings. The monoisotopic (exact) mass is 242 g/mol. The smallest absolute Gasteiger partial charge is 0.250 e. The van der Waals surface area contributed by atoms with Crippen molar-refractivity contribution in [1.29, 1.82) is 0 Å². The number of pyridine rings is 1. The summed E-state index contributed by atoms with van der Waals surface area (Å²) in [4.78, 5) is 11.7. The van der Waals surface area contributed by atoms with Crippen LogP contribution in [0.2, 0.25) is 0 Å². The molecular weight excluding hydrogens is 224 g/mol. The standard InChI is InChI=1S/C15H18N2O/c1-12-7-3-4-8-13(12)14(16-2)11-17-10-6-5-9-15(17)18/h3-10,14,16H,11H2,1-2H3. The van der Waals surface area contributed by atoms with Gasteiger partial charge in [-0.3, -0.25) is 4.79 Å². The Morgan fingerprint density at radius 1 is 1.17 bits per heavy atom. The van der Waals surface area contributed by atoms with E-state index in [9.17, 15) is 4.79 Å². The molecule has 2 rings (SSSR count). The van der Waals surface area contributed by atoms with Gasteiger partial charge in [-0.05, 0) is 31.2 Å². The van der Waals surface area contributed by atoms with Crippen LogP contribution < -0.4 is 10.9 Å². The van der Waals surface area contributed by atoms with E-state index in [0.717, 1.165) is 0 Å². The second kappa shape index (κ2) is 5.65. The van der Waals surface area contributed by atoms with Crippen LogP contribution >= 0.6 is 0 Å². The topological polar surface area (TPSA) is 34.0 Å². The highest BCUT2D eigenvalue weighted by molar-refractivity contribution is 5.28. The second-order valence-electron chi connectivity index (χ2n) is 4.39. The highest BCUT2D eigenvalue weighted by Gasteiger charge is 2.12. The molecule has 0 saturated heterocycles. The third kappa shape index (κ3) is 2.68. The lowest BCUT2D eigenvalue weighted by atomic mass is 10.0. The Morgan fingerprint density at radius 3 is 2.56 bits per heavy atom. The summed E-state index contributed by atoms with van der Waals surface area (Å²) in [5.74, 6) is 0. The highest BCUT2D eigenvalue weighted by Crippen LogP contribution is 2.18. The van der Waals surface area contributed by atoms with E-state index in [1.165, 1.54) is 11.1 Å². The van der Waals surface area contributed by atoms with Gasteiger partial charge in [0.2, 0.25) is 0 Å². The highest BCUT2D eigenvalue weighted by atomic mass is 16.1. The van der Waals surface area contributed by atoms with E-state index in [1.54, 1.807) is 16.7 Å². The third-order valence-electron chi connectivity index (χ3n) is 3.19. The van der Waals surface area contributed by atoms with Crippen molar-refractivity contribution < 1.29 is 0 Å². The summed E-state index contributed by atoms with van der Waals surface area (Å²) in [5, 5.41) is 3.28. The molecule has 3 heteroatoms. The first-order valence-electron chi connectivity index (χ1n) is 6.10. The Morgan fingerprint density at radius 2 is 1.89 bits per heavy atom. The minimum Gasteiger partial charge on any atom is -0.314 e. The molecule has 0 spiro atoms. The summed E-state index contributed by atoms with van der Waals surface area (Å²) in [6.07, 6.45) is 1.82. The van der Waals surface area contributed by atoms with Gasteiger partial charge in [0, 0.05) is 18.8 Å². The molecule has 1 unspecified atom stereocenters. The third-order valence-corrected chi connectivity index (χ3v) is 3.19. The van der Waals surface area contributed by atoms with Gasteiger partial charge in [-0.15, -0.1) is 0 Å². The van der Waals surface area contributed by atoms with Crippen LogP contribution in [0.3, 0.4) is 0 Å². The lowest BCUT2D eigenvalue weighted by Gasteiger charge is -2.19. The molecule has 0 aliphatic heterocycles. The maximum atomic E-state index is 11.7. The number of nitrogens with one attached hydrogen (secondary N) is 1. The van der Waals surface area contributed by atoms with Gasteiger partial charge in [0.25, 0.3) is 5.56 Å². The largest absolute Gasteiger partial charge is 0.314 e. The Labute approximate surface area is 107 Å². The summed E-state index contributed by atoms with van der Waals surface area (Å²) < 4.78 is 1.73. The van der Waals surface area contributed by atoms with E-state index in [-0.39, 0.29) is 11.6 Å². The van der Waals surface area contributed by atoms with Crippen LogP contribution in [0.4, 0.5) is 0 Å². The Kier molecular flexibility index (Phi) is 3.95. The van der Waals surface area contributed by atoms with Gasteiger partial charge < -0.3 is 9.88 Å². The quantitative estimate of drug-likeness (QED) is 0.891. The molecule has 1 aromatic carbocycles. The van der Waals surface area contributed by atoms with Crippen LogP contribution in [-0.2, 0) is 6.54 Å². The molecule has 0 bridgehead atoms. The normalized spacial score (nSPS) is 12.3. The Hall–Kier alpha value is -1.87. The molecule has 0 radical (unpaired) electrons. The summed E-state index contributed by atoms with van der Waals surface area (Å²) in [6, 6.07) is 13.6. The van der Waals surface area contributed by atoms with E-state index in [2.05, 4.69) is 24.4 Å². The number of rotatable bonds is 4. The number of likely N-dealkylation sites (N-methyl/N-ethyl adjacent to an activating group) is 1. The fourth-order valence-corrected chi connectivity index (χ4v) is 2.13. The lowest BCUT2D eigenvalue weighted by Crippen LogP contribution is -2.28. The molecule has 18 heavy (non-hydrogen) atoms. The molecule has 1 N–H and O–H groups in total. The van der Waals surface area contributed by atoms with Crippen molar-refractivity contribution in [2.75, 3.05) is 7.05 Å².